The summed E-state index contributed by atoms with van der Waals surface area (Å²) in [4.78, 5) is 11.1. The van der Waals surface area contributed by atoms with Gasteiger partial charge >= 0.3 is 5.97 Å². The average Bonchev–Trinajstić information content (AvgIpc) is 2.22. The number of methoxy groups -OCH3 is 1. The van der Waals surface area contributed by atoms with Crippen molar-refractivity contribution in [3.63, 3.8) is 0 Å². The molecule has 0 aromatic carbocycles. The van der Waals surface area contributed by atoms with E-state index in [0.717, 1.165) is 6.42 Å². The zero-order valence-corrected chi connectivity index (χ0v) is 9.96. The third kappa shape index (κ3) is 6.08. The molecule has 0 aliphatic heterocycles. The summed E-state index contributed by atoms with van der Waals surface area (Å²) in [7, 11) is 1.38. The lowest BCUT2D eigenvalue weighted by Gasteiger charge is -2.25. The average molecular weight is 212 g/mol. The standard InChI is InChI=1S/C11H20N2O2/c1-9(10(14)15-4)13-8-11(2,3)6-5-7-12/h9,13H,5-6,8H2,1-4H3. The highest BCUT2D eigenvalue weighted by Gasteiger charge is 2.20. The number of rotatable bonds is 6. The molecular weight excluding hydrogens is 192 g/mol. The second-order valence-corrected chi connectivity index (χ2v) is 4.45. The first-order valence-electron chi connectivity index (χ1n) is 5.11. The molecule has 0 heterocycles. The molecule has 0 amide bonds. The first-order chi connectivity index (χ1) is 6.93. The Balaban J connectivity index is 3.93. The Labute approximate surface area is 91.6 Å². The van der Waals surface area contributed by atoms with Crippen LogP contribution >= 0.6 is 0 Å². The molecule has 0 aromatic rings. The van der Waals surface area contributed by atoms with Crippen LogP contribution in [0.2, 0.25) is 0 Å². The third-order valence-electron chi connectivity index (χ3n) is 2.36. The van der Waals surface area contributed by atoms with Gasteiger partial charge in [-0.05, 0) is 18.8 Å². The summed E-state index contributed by atoms with van der Waals surface area (Å²) in [5, 5.41) is 11.6. The Morgan fingerprint density at radius 1 is 1.60 bits per heavy atom. The summed E-state index contributed by atoms with van der Waals surface area (Å²) in [5.41, 5.74) is 0.0258. The van der Waals surface area contributed by atoms with E-state index >= 15 is 0 Å². The molecule has 86 valence electrons. The lowest BCUT2D eigenvalue weighted by Crippen LogP contribution is -2.40. The van der Waals surface area contributed by atoms with E-state index in [0.29, 0.717) is 13.0 Å². The van der Waals surface area contributed by atoms with Crippen LogP contribution in [0.15, 0.2) is 0 Å². The summed E-state index contributed by atoms with van der Waals surface area (Å²) >= 11 is 0. The Bertz CT molecular complexity index is 243. The number of nitrogens with one attached hydrogen (secondary N) is 1. The summed E-state index contributed by atoms with van der Waals surface area (Å²) < 4.78 is 4.60. The van der Waals surface area contributed by atoms with Crippen LogP contribution < -0.4 is 5.32 Å². The molecule has 4 nitrogen and oxygen atoms in total. The third-order valence-corrected chi connectivity index (χ3v) is 2.36. The number of hydrogen-bond donors (Lipinski definition) is 1. The van der Waals surface area contributed by atoms with Gasteiger partial charge in [0, 0.05) is 13.0 Å². The Morgan fingerprint density at radius 3 is 2.67 bits per heavy atom. The zero-order chi connectivity index (χ0) is 11.9. The van der Waals surface area contributed by atoms with Gasteiger partial charge in [0.15, 0.2) is 0 Å². The van der Waals surface area contributed by atoms with Crippen molar-refractivity contribution in [2.24, 2.45) is 5.41 Å². The largest absolute Gasteiger partial charge is 0.468 e. The number of hydrogen-bond acceptors (Lipinski definition) is 4. The molecule has 0 bridgehead atoms. The SMILES string of the molecule is COC(=O)C(C)NCC(C)(C)CCC#N. The van der Waals surface area contributed by atoms with Gasteiger partial charge in [0.05, 0.1) is 13.2 Å². The predicted octanol–water partition coefficient (Wildman–Crippen LogP) is 1.47. The van der Waals surface area contributed by atoms with E-state index in [1.165, 1.54) is 7.11 Å². The second-order valence-electron chi connectivity index (χ2n) is 4.45. The Kier molecular flexibility index (Phi) is 5.95. The predicted molar refractivity (Wildman–Crippen MR) is 58.1 cm³/mol. The quantitative estimate of drug-likeness (QED) is 0.677. The smallest absolute Gasteiger partial charge is 0.322 e. The fourth-order valence-corrected chi connectivity index (χ4v) is 1.17. The van der Waals surface area contributed by atoms with Crippen molar-refractivity contribution in [2.75, 3.05) is 13.7 Å². The van der Waals surface area contributed by atoms with Crippen molar-refractivity contribution >= 4 is 5.97 Å². The number of esters is 1. The van der Waals surface area contributed by atoms with E-state index < -0.39 is 0 Å². The van der Waals surface area contributed by atoms with Crippen LogP contribution in [0.1, 0.15) is 33.6 Å². The number of nitriles is 1. The molecule has 0 radical (unpaired) electrons. The molecule has 1 unspecified atom stereocenters. The van der Waals surface area contributed by atoms with Crippen LogP contribution in [0.4, 0.5) is 0 Å². The highest BCUT2D eigenvalue weighted by atomic mass is 16.5. The van der Waals surface area contributed by atoms with Gasteiger partial charge < -0.3 is 10.1 Å². The summed E-state index contributed by atoms with van der Waals surface area (Å²) in [6.45, 7) is 6.61. The zero-order valence-electron chi connectivity index (χ0n) is 9.96. The van der Waals surface area contributed by atoms with E-state index in [4.69, 9.17) is 5.26 Å². The Hall–Kier alpha value is -1.08. The van der Waals surface area contributed by atoms with Gasteiger partial charge in [-0.3, -0.25) is 4.79 Å². The molecule has 1 atom stereocenters. The highest BCUT2D eigenvalue weighted by molar-refractivity contribution is 5.75. The number of ether oxygens (including phenoxy) is 1. The van der Waals surface area contributed by atoms with E-state index in [2.05, 4.69) is 30.0 Å². The highest BCUT2D eigenvalue weighted by Crippen LogP contribution is 2.20. The minimum Gasteiger partial charge on any atom is -0.468 e. The first-order valence-corrected chi connectivity index (χ1v) is 5.11. The fourth-order valence-electron chi connectivity index (χ4n) is 1.17. The van der Waals surface area contributed by atoms with Gasteiger partial charge in [0.2, 0.25) is 0 Å². The van der Waals surface area contributed by atoms with Crippen molar-refractivity contribution in [1.82, 2.24) is 5.32 Å². The molecule has 4 heteroatoms. The minimum atomic E-state index is -0.295. The number of carbonyl (C=O) groups excluding carboxylic acids is 1. The van der Waals surface area contributed by atoms with Crippen molar-refractivity contribution in [2.45, 2.75) is 39.7 Å². The van der Waals surface area contributed by atoms with Gasteiger partial charge in [0.1, 0.15) is 6.04 Å². The van der Waals surface area contributed by atoms with Gasteiger partial charge in [-0.15, -0.1) is 0 Å². The van der Waals surface area contributed by atoms with E-state index in [-0.39, 0.29) is 17.4 Å². The van der Waals surface area contributed by atoms with Crippen LogP contribution in [0.25, 0.3) is 0 Å². The van der Waals surface area contributed by atoms with Crippen LogP contribution in [0, 0.1) is 16.7 Å². The lowest BCUT2D eigenvalue weighted by atomic mass is 9.88. The van der Waals surface area contributed by atoms with E-state index in [9.17, 15) is 4.79 Å². The van der Waals surface area contributed by atoms with Crippen LogP contribution in [0.5, 0.6) is 0 Å². The summed E-state index contributed by atoms with van der Waals surface area (Å²) in [5.74, 6) is -0.258. The molecule has 0 aliphatic rings. The molecule has 0 spiro atoms. The number of carbonyl (C=O) groups is 1. The molecule has 15 heavy (non-hydrogen) atoms. The van der Waals surface area contributed by atoms with Crippen LogP contribution in [-0.2, 0) is 9.53 Å². The van der Waals surface area contributed by atoms with E-state index in [1.54, 1.807) is 6.92 Å². The lowest BCUT2D eigenvalue weighted by molar-refractivity contribution is -0.142. The minimum absolute atomic E-state index is 0.0258. The van der Waals surface area contributed by atoms with Gasteiger partial charge in [-0.1, -0.05) is 13.8 Å². The maximum atomic E-state index is 11.1. The van der Waals surface area contributed by atoms with E-state index in [1.807, 2.05) is 0 Å². The van der Waals surface area contributed by atoms with Crippen molar-refractivity contribution in [1.29, 1.82) is 5.26 Å². The second kappa shape index (κ2) is 6.41. The van der Waals surface area contributed by atoms with Crippen molar-refractivity contribution in [3.8, 4) is 6.07 Å². The maximum absolute atomic E-state index is 11.1. The molecule has 0 saturated carbocycles. The molecule has 0 saturated heterocycles. The topological polar surface area (TPSA) is 62.1 Å². The number of nitrogens with zero attached hydrogens (tertiary/aromatic N) is 1. The fraction of sp³-hybridized carbons (Fsp3) is 0.818. The van der Waals surface area contributed by atoms with Crippen molar-refractivity contribution < 1.29 is 9.53 Å². The normalized spacial score (nSPS) is 13.0. The Morgan fingerprint density at radius 2 is 2.20 bits per heavy atom. The van der Waals surface area contributed by atoms with Crippen LogP contribution in [0.3, 0.4) is 0 Å². The van der Waals surface area contributed by atoms with Gasteiger partial charge in [-0.2, -0.15) is 5.26 Å². The molecule has 1 N–H and O–H groups in total. The summed E-state index contributed by atoms with van der Waals surface area (Å²) in [6, 6.07) is 1.83. The molecule has 0 fully saturated rings. The van der Waals surface area contributed by atoms with Gasteiger partial charge in [-0.25, -0.2) is 0 Å². The maximum Gasteiger partial charge on any atom is 0.322 e. The molecule has 0 rings (SSSR count). The van der Waals surface area contributed by atoms with Crippen molar-refractivity contribution in [3.05, 3.63) is 0 Å². The molecule has 0 aromatic heterocycles. The molecular formula is C11H20N2O2. The first kappa shape index (κ1) is 13.9. The summed E-state index contributed by atoms with van der Waals surface area (Å²) in [6.07, 6.45) is 1.37. The molecule has 0 aliphatic carbocycles. The van der Waals surface area contributed by atoms with Crippen LogP contribution in [-0.4, -0.2) is 25.7 Å². The monoisotopic (exact) mass is 212 g/mol. The van der Waals surface area contributed by atoms with Gasteiger partial charge in [0.25, 0.3) is 0 Å².